The lowest BCUT2D eigenvalue weighted by atomic mass is 10.2. The predicted octanol–water partition coefficient (Wildman–Crippen LogP) is 4.78. The molecular formula is C24H23N3O3S3. The van der Waals surface area contributed by atoms with E-state index in [9.17, 15) is 9.59 Å². The van der Waals surface area contributed by atoms with Gasteiger partial charge in [0.2, 0.25) is 0 Å². The Balaban J connectivity index is 1.74. The molecule has 1 fully saturated rings. The van der Waals surface area contributed by atoms with Crippen molar-refractivity contribution in [1.82, 2.24) is 14.3 Å². The van der Waals surface area contributed by atoms with E-state index in [0.717, 1.165) is 10.5 Å². The van der Waals surface area contributed by atoms with Crippen molar-refractivity contribution in [2.24, 2.45) is 0 Å². The fraction of sp³-hybridized carbons (Fsp3) is 0.250. The molecule has 0 unspecified atom stereocenters. The molecule has 0 N–H and O–H groups in total. The minimum absolute atomic E-state index is 0.189. The summed E-state index contributed by atoms with van der Waals surface area (Å²) in [6.45, 7) is 5.55. The monoisotopic (exact) mass is 497 g/mol. The van der Waals surface area contributed by atoms with Crippen LogP contribution in [0.5, 0.6) is 0 Å². The second-order valence-electron chi connectivity index (χ2n) is 7.37. The third kappa shape index (κ3) is 5.38. The second kappa shape index (κ2) is 10.6. The largest absolute Gasteiger partial charge is 0.382 e. The molecule has 0 saturated carbocycles. The first-order valence-corrected chi connectivity index (χ1v) is 12.6. The number of nitrogens with zero attached hydrogens (tertiary/aromatic N) is 3. The Morgan fingerprint density at radius 2 is 1.97 bits per heavy atom. The van der Waals surface area contributed by atoms with E-state index in [4.69, 9.17) is 21.9 Å². The molecule has 1 aliphatic heterocycles. The number of rotatable bonds is 8. The van der Waals surface area contributed by atoms with Gasteiger partial charge < -0.3 is 4.74 Å². The van der Waals surface area contributed by atoms with Gasteiger partial charge in [-0.25, -0.2) is 4.98 Å². The fourth-order valence-corrected chi connectivity index (χ4v) is 5.53. The van der Waals surface area contributed by atoms with Gasteiger partial charge in [0.15, 0.2) is 0 Å². The quantitative estimate of drug-likeness (QED) is 0.192. The number of ether oxygens (including phenoxy) is 1. The number of aromatic nitrogens is 2. The number of carbonyl (C=O) groups excluding carboxylic acids is 1. The molecule has 0 aliphatic carbocycles. The Hall–Kier alpha value is -2.46. The van der Waals surface area contributed by atoms with Crippen LogP contribution in [0, 0.1) is 6.92 Å². The number of fused-ring (bicyclic) bond motifs is 1. The molecule has 3 heterocycles. The fourth-order valence-electron chi connectivity index (χ4n) is 3.33. The first kappa shape index (κ1) is 23.7. The van der Waals surface area contributed by atoms with Gasteiger partial charge in [-0.3, -0.25) is 18.9 Å². The average Bonchev–Trinajstić information content (AvgIpc) is 3.07. The summed E-state index contributed by atoms with van der Waals surface area (Å²) in [7, 11) is 0. The molecule has 0 radical (unpaired) electrons. The van der Waals surface area contributed by atoms with Crippen LogP contribution in [0.4, 0.5) is 0 Å². The summed E-state index contributed by atoms with van der Waals surface area (Å²) < 4.78 is 7.38. The molecule has 1 aliphatic rings. The van der Waals surface area contributed by atoms with Crippen molar-refractivity contribution in [3.63, 3.8) is 0 Å². The molecule has 3 aromatic rings. The van der Waals surface area contributed by atoms with Crippen molar-refractivity contribution in [2.45, 2.75) is 30.2 Å². The maximum Gasteiger partial charge on any atom is 0.266 e. The number of thiocarbonyl (C=S) groups is 1. The van der Waals surface area contributed by atoms with Gasteiger partial charge in [-0.2, -0.15) is 0 Å². The van der Waals surface area contributed by atoms with Crippen LogP contribution in [0.1, 0.15) is 24.5 Å². The van der Waals surface area contributed by atoms with Gasteiger partial charge >= 0.3 is 0 Å². The summed E-state index contributed by atoms with van der Waals surface area (Å²) in [6, 6.07) is 13.5. The summed E-state index contributed by atoms with van der Waals surface area (Å²) in [5.74, 6) is -0.189. The standard InChI is InChI=1S/C24H23N3O3S3/c1-3-30-13-7-12-26-23(29)19(33-24(26)31)14-18-21(32-17-8-5-4-6-9-17)25-20-11-10-16(2)15-27(20)22(18)28/h4-6,8-11,14-15H,3,7,12-13H2,1-2H3. The van der Waals surface area contributed by atoms with Crippen molar-refractivity contribution >= 4 is 57.7 Å². The summed E-state index contributed by atoms with van der Waals surface area (Å²) in [6.07, 6.45) is 4.09. The molecule has 4 rings (SSSR count). The Kier molecular flexibility index (Phi) is 7.64. The maximum atomic E-state index is 13.5. The molecule has 0 bridgehead atoms. The first-order chi connectivity index (χ1) is 16.0. The van der Waals surface area contributed by atoms with Gasteiger partial charge in [-0.15, -0.1) is 0 Å². The molecular weight excluding hydrogens is 474 g/mol. The highest BCUT2D eigenvalue weighted by molar-refractivity contribution is 8.26. The second-order valence-corrected chi connectivity index (χ2v) is 10.1. The molecule has 9 heteroatoms. The highest BCUT2D eigenvalue weighted by Gasteiger charge is 2.32. The topological polar surface area (TPSA) is 63.9 Å². The number of thioether (sulfide) groups is 1. The smallest absolute Gasteiger partial charge is 0.266 e. The molecule has 170 valence electrons. The third-order valence-electron chi connectivity index (χ3n) is 4.95. The molecule has 6 nitrogen and oxygen atoms in total. The van der Waals surface area contributed by atoms with Gasteiger partial charge in [0, 0.05) is 30.9 Å². The lowest BCUT2D eigenvalue weighted by molar-refractivity contribution is -0.122. The van der Waals surface area contributed by atoms with Crippen LogP contribution in [-0.2, 0) is 9.53 Å². The molecule has 1 amide bonds. The summed E-state index contributed by atoms with van der Waals surface area (Å²) in [4.78, 5) is 34.2. The van der Waals surface area contributed by atoms with Gasteiger partial charge in [0.1, 0.15) is 15.0 Å². The lowest BCUT2D eigenvalue weighted by Crippen LogP contribution is -2.29. The van der Waals surface area contributed by atoms with Crippen LogP contribution in [0.15, 0.2) is 68.3 Å². The SMILES string of the molecule is CCOCCCN1C(=O)C(=Cc2c(Sc3ccccc3)nc3ccc(C)cn3c2=O)SC1=S. The number of hydrogen-bond acceptors (Lipinski definition) is 7. The molecule has 33 heavy (non-hydrogen) atoms. The molecule has 1 saturated heterocycles. The number of hydrogen-bond donors (Lipinski definition) is 0. The van der Waals surface area contributed by atoms with Crippen LogP contribution in [-0.4, -0.2) is 44.3 Å². The van der Waals surface area contributed by atoms with E-state index in [1.165, 1.54) is 27.9 Å². The highest BCUT2D eigenvalue weighted by atomic mass is 32.2. The Labute approximate surface area is 206 Å². The molecule has 0 spiro atoms. The maximum absolute atomic E-state index is 13.5. The summed E-state index contributed by atoms with van der Waals surface area (Å²) in [5.41, 5.74) is 1.66. The van der Waals surface area contributed by atoms with E-state index in [1.54, 1.807) is 17.2 Å². The summed E-state index contributed by atoms with van der Waals surface area (Å²) in [5, 5.41) is 0.552. The van der Waals surface area contributed by atoms with Crippen LogP contribution in [0.2, 0.25) is 0 Å². The van der Waals surface area contributed by atoms with Crippen LogP contribution in [0.25, 0.3) is 11.7 Å². The first-order valence-electron chi connectivity index (χ1n) is 10.6. The van der Waals surface area contributed by atoms with Crippen molar-refractivity contribution in [3.05, 3.63) is 75.0 Å². The average molecular weight is 498 g/mol. The molecule has 0 atom stereocenters. The Bertz CT molecular complexity index is 1290. The number of carbonyl (C=O) groups is 1. The lowest BCUT2D eigenvalue weighted by Gasteiger charge is -2.14. The van der Waals surface area contributed by atoms with E-state index in [1.807, 2.05) is 56.3 Å². The van der Waals surface area contributed by atoms with Gasteiger partial charge in [-0.05, 0) is 50.1 Å². The van der Waals surface area contributed by atoms with E-state index in [0.29, 0.717) is 51.6 Å². The Morgan fingerprint density at radius 1 is 1.18 bits per heavy atom. The van der Waals surface area contributed by atoms with Gasteiger partial charge in [-0.1, -0.05) is 60.0 Å². The zero-order valence-electron chi connectivity index (χ0n) is 18.3. The van der Waals surface area contributed by atoms with Crippen molar-refractivity contribution in [1.29, 1.82) is 0 Å². The highest BCUT2D eigenvalue weighted by Crippen LogP contribution is 2.35. The predicted molar refractivity (Wildman–Crippen MR) is 138 cm³/mol. The molecule has 2 aromatic heterocycles. The van der Waals surface area contributed by atoms with Crippen LogP contribution in [0.3, 0.4) is 0 Å². The van der Waals surface area contributed by atoms with Crippen molar-refractivity contribution < 1.29 is 9.53 Å². The minimum Gasteiger partial charge on any atom is -0.382 e. The minimum atomic E-state index is -0.219. The van der Waals surface area contributed by atoms with E-state index < -0.39 is 0 Å². The number of pyridine rings is 1. The number of benzene rings is 1. The van der Waals surface area contributed by atoms with E-state index in [-0.39, 0.29) is 11.5 Å². The zero-order chi connectivity index (χ0) is 23.4. The third-order valence-corrected chi connectivity index (χ3v) is 7.34. The van der Waals surface area contributed by atoms with Crippen LogP contribution >= 0.6 is 35.7 Å². The number of aryl methyl sites for hydroxylation is 1. The van der Waals surface area contributed by atoms with Crippen molar-refractivity contribution in [3.8, 4) is 0 Å². The zero-order valence-corrected chi connectivity index (χ0v) is 20.8. The Morgan fingerprint density at radius 3 is 2.73 bits per heavy atom. The summed E-state index contributed by atoms with van der Waals surface area (Å²) >= 11 is 8.05. The van der Waals surface area contributed by atoms with E-state index in [2.05, 4.69) is 0 Å². The van der Waals surface area contributed by atoms with Gasteiger partial charge in [0.05, 0.1) is 10.5 Å². The normalized spacial score (nSPS) is 15.2. The van der Waals surface area contributed by atoms with Crippen LogP contribution < -0.4 is 5.56 Å². The van der Waals surface area contributed by atoms with E-state index >= 15 is 0 Å². The van der Waals surface area contributed by atoms with Gasteiger partial charge in [0.25, 0.3) is 11.5 Å². The number of amides is 1. The molecule has 1 aromatic carbocycles. The van der Waals surface area contributed by atoms with Crippen molar-refractivity contribution in [2.75, 3.05) is 19.8 Å².